The van der Waals surface area contributed by atoms with Crippen LogP contribution in [0.15, 0.2) is 48.5 Å². The first-order valence-electron chi connectivity index (χ1n) is 11.6. The fourth-order valence-electron chi connectivity index (χ4n) is 5.46. The Labute approximate surface area is 199 Å². The average Bonchev–Trinajstić information content (AvgIpc) is 3.42. The second-order valence-corrected chi connectivity index (χ2v) is 10.2. The van der Waals surface area contributed by atoms with Gasteiger partial charge in [-0.15, -0.1) is 0 Å². The first-order chi connectivity index (χ1) is 15.5. The monoisotopic (exact) mass is 469 g/mol. The lowest BCUT2D eigenvalue weighted by atomic mass is 9.89. The zero-order chi connectivity index (χ0) is 22.1. The van der Waals surface area contributed by atoms with E-state index in [0.717, 1.165) is 54.2 Å². The van der Waals surface area contributed by atoms with Gasteiger partial charge >= 0.3 is 0 Å². The molecule has 6 heteroatoms. The van der Waals surface area contributed by atoms with Crippen LogP contribution < -0.4 is 5.32 Å². The van der Waals surface area contributed by atoms with Crippen LogP contribution in [0.1, 0.15) is 48.2 Å². The third-order valence-electron chi connectivity index (χ3n) is 7.18. The Hall–Kier alpha value is -2.01. The lowest BCUT2D eigenvalue weighted by Gasteiger charge is -2.38. The van der Waals surface area contributed by atoms with Crippen LogP contribution in [0.2, 0.25) is 10.0 Å². The van der Waals surface area contributed by atoms with Crippen LogP contribution in [0.5, 0.6) is 0 Å². The van der Waals surface area contributed by atoms with Crippen molar-refractivity contribution in [3.8, 4) is 0 Å². The minimum atomic E-state index is -0.0214. The van der Waals surface area contributed by atoms with Gasteiger partial charge in [-0.1, -0.05) is 35.3 Å². The van der Waals surface area contributed by atoms with Crippen molar-refractivity contribution >= 4 is 40.0 Å². The van der Waals surface area contributed by atoms with E-state index >= 15 is 0 Å². The SMILES string of the molecule is O=C(N[C@@H]1CCC[C@H]1N1CCC(Cc2ccc(Cl)cc2)CC1)c1cc2cc(Cl)ccc2[nH]1. The molecule has 1 aliphatic carbocycles. The quantitative estimate of drug-likeness (QED) is 0.475. The number of fused-ring (bicyclic) bond motifs is 1. The maximum atomic E-state index is 13.0. The molecule has 0 bridgehead atoms. The first-order valence-corrected chi connectivity index (χ1v) is 12.4. The average molecular weight is 470 g/mol. The molecule has 32 heavy (non-hydrogen) atoms. The highest BCUT2D eigenvalue weighted by Crippen LogP contribution is 2.30. The summed E-state index contributed by atoms with van der Waals surface area (Å²) in [5, 5.41) is 5.76. The van der Waals surface area contributed by atoms with Crippen LogP contribution in [0, 0.1) is 5.92 Å². The zero-order valence-electron chi connectivity index (χ0n) is 18.1. The van der Waals surface area contributed by atoms with Crippen LogP contribution in [0.3, 0.4) is 0 Å². The summed E-state index contributed by atoms with van der Waals surface area (Å²) in [4.78, 5) is 18.8. The van der Waals surface area contributed by atoms with Crippen LogP contribution >= 0.6 is 23.2 Å². The van der Waals surface area contributed by atoms with Crippen molar-refractivity contribution < 1.29 is 4.79 Å². The molecule has 2 aliphatic rings. The number of halogens is 2. The highest BCUT2D eigenvalue weighted by atomic mass is 35.5. The van der Waals surface area contributed by atoms with Crippen LogP contribution in [0.25, 0.3) is 10.9 Å². The Morgan fingerprint density at radius 2 is 1.72 bits per heavy atom. The summed E-state index contributed by atoms with van der Waals surface area (Å²) in [5.74, 6) is 0.701. The number of nitrogens with one attached hydrogen (secondary N) is 2. The fraction of sp³-hybridized carbons (Fsp3) is 0.423. The molecule has 2 N–H and O–H groups in total. The van der Waals surface area contributed by atoms with Gasteiger partial charge in [-0.3, -0.25) is 9.69 Å². The van der Waals surface area contributed by atoms with Crippen molar-refractivity contribution in [2.75, 3.05) is 13.1 Å². The Kier molecular flexibility index (Phi) is 6.45. The Morgan fingerprint density at radius 3 is 2.50 bits per heavy atom. The molecule has 5 rings (SSSR count). The maximum absolute atomic E-state index is 13.0. The van der Waals surface area contributed by atoms with Gasteiger partial charge in [0.25, 0.3) is 5.91 Å². The number of aromatic nitrogens is 1. The second-order valence-electron chi connectivity index (χ2n) is 9.30. The highest BCUT2D eigenvalue weighted by Gasteiger charge is 2.35. The van der Waals surface area contributed by atoms with Gasteiger partial charge in [0.2, 0.25) is 0 Å². The fourth-order valence-corrected chi connectivity index (χ4v) is 5.77. The van der Waals surface area contributed by atoms with Crippen molar-refractivity contribution in [3.05, 3.63) is 69.8 Å². The largest absolute Gasteiger partial charge is 0.351 e. The molecule has 1 amide bonds. The zero-order valence-corrected chi connectivity index (χ0v) is 19.6. The number of carbonyl (C=O) groups is 1. The van der Waals surface area contributed by atoms with E-state index in [0.29, 0.717) is 16.8 Å². The molecule has 0 unspecified atom stereocenters. The smallest absolute Gasteiger partial charge is 0.268 e. The predicted octanol–water partition coefficient (Wildman–Crippen LogP) is 6.08. The van der Waals surface area contributed by atoms with Crippen LogP contribution in [-0.4, -0.2) is 41.0 Å². The normalized spacial score (nSPS) is 22.4. The van der Waals surface area contributed by atoms with Crippen LogP contribution in [0.4, 0.5) is 0 Å². The molecular formula is C26H29Cl2N3O. The van der Waals surface area contributed by atoms with E-state index < -0.39 is 0 Å². The molecule has 2 fully saturated rings. The van der Waals surface area contributed by atoms with Gasteiger partial charge in [0.15, 0.2) is 0 Å². The maximum Gasteiger partial charge on any atom is 0.268 e. The van der Waals surface area contributed by atoms with Gasteiger partial charge in [0.1, 0.15) is 5.69 Å². The van der Waals surface area contributed by atoms with Crippen molar-refractivity contribution in [1.29, 1.82) is 0 Å². The summed E-state index contributed by atoms with van der Waals surface area (Å²) in [7, 11) is 0. The molecule has 168 valence electrons. The summed E-state index contributed by atoms with van der Waals surface area (Å²) in [5.41, 5.74) is 2.92. The molecule has 1 saturated heterocycles. The lowest BCUT2D eigenvalue weighted by Crippen LogP contribution is -2.51. The number of aromatic amines is 1. The van der Waals surface area contributed by atoms with E-state index in [4.69, 9.17) is 23.2 Å². The number of likely N-dealkylation sites (tertiary alicyclic amines) is 1. The number of nitrogens with zero attached hydrogens (tertiary/aromatic N) is 1. The Morgan fingerprint density at radius 1 is 0.969 bits per heavy atom. The summed E-state index contributed by atoms with van der Waals surface area (Å²) >= 11 is 12.1. The lowest BCUT2D eigenvalue weighted by molar-refractivity contribution is 0.0858. The summed E-state index contributed by atoms with van der Waals surface area (Å²) < 4.78 is 0. The minimum absolute atomic E-state index is 0.0214. The van der Waals surface area contributed by atoms with E-state index in [-0.39, 0.29) is 11.9 Å². The standard InChI is InChI=1S/C26H29Cl2N3O/c27-20-6-4-17(5-7-20)14-18-10-12-31(13-11-18)25-3-1-2-23(25)30-26(32)24-16-19-15-21(28)8-9-22(19)29-24/h4-9,15-16,18,23,25,29H,1-3,10-14H2,(H,30,32)/t23-,25-/m1/s1. The van der Waals surface area contributed by atoms with Crippen molar-refractivity contribution in [2.24, 2.45) is 5.92 Å². The molecular weight excluding hydrogens is 441 g/mol. The molecule has 3 aromatic rings. The molecule has 1 aliphatic heterocycles. The molecule has 0 spiro atoms. The summed E-state index contributed by atoms with van der Waals surface area (Å²) in [6.45, 7) is 2.22. The predicted molar refractivity (Wildman–Crippen MR) is 132 cm³/mol. The number of hydrogen-bond donors (Lipinski definition) is 2. The topological polar surface area (TPSA) is 48.1 Å². The Bertz CT molecular complexity index is 1090. The van der Waals surface area contributed by atoms with Gasteiger partial charge in [-0.25, -0.2) is 0 Å². The molecule has 1 saturated carbocycles. The van der Waals surface area contributed by atoms with E-state index in [1.807, 2.05) is 36.4 Å². The minimum Gasteiger partial charge on any atom is -0.351 e. The van der Waals surface area contributed by atoms with E-state index in [9.17, 15) is 4.79 Å². The van der Waals surface area contributed by atoms with E-state index in [2.05, 4.69) is 27.3 Å². The van der Waals surface area contributed by atoms with Crippen LogP contribution in [-0.2, 0) is 6.42 Å². The third kappa shape index (κ3) is 4.83. The summed E-state index contributed by atoms with van der Waals surface area (Å²) in [6.07, 6.45) is 6.93. The number of rotatable bonds is 5. The van der Waals surface area contributed by atoms with Gasteiger partial charge < -0.3 is 10.3 Å². The molecule has 2 aromatic carbocycles. The van der Waals surface area contributed by atoms with Gasteiger partial charge in [-0.05, 0) is 99.5 Å². The number of benzene rings is 2. The van der Waals surface area contributed by atoms with Crippen molar-refractivity contribution in [1.82, 2.24) is 15.2 Å². The first kappa shape index (κ1) is 21.8. The number of hydrogen-bond acceptors (Lipinski definition) is 2. The highest BCUT2D eigenvalue weighted by molar-refractivity contribution is 6.31. The number of H-pyrrole nitrogens is 1. The van der Waals surface area contributed by atoms with Crippen molar-refractivity contribution in [2.45, 2.75) is 50.6 Å². The molecule has 2 heterocycles. The molecule has 2 atom stereocenters. The molecule has 4 nitrogen and oxygen atoms in total. The third-order valence-corrected chi connectivity index (χ3v) is 7.67. The number of carbonyl (C=O) groups excluding carboxylic acids is 1. The van der Waals surface area contributed by atoms with Gasteiger partial charge in [0, 0.05) is 33.0 Å². The van der Waals surface area contributed by atoms with Gasteiger partial charge in [0.05, 0.1) is 0 Å². The van der Waals surface area contributed by atoms with Gasteiger partial charge in [-0.2, -0.15) is 0 Å². The summed E-state index contributed by atoms with van der Waals surface area (Å²) in [6, 6.07) is 16.5. The van der Waals surface area contributed by atoms with E-state index in [1.165, 1.54) is 24.8 Å². The molecule has 1 aromatic heterocycles. The second kappa shape index (κ2) is 9.46. The molecule has 0 radical (unpaired) electrons. The number of piperidine rings is 1. The number of amides is 1. The Balaban J connectivity index is 1.17. The van der Waals surface area contributed by atoms with Crippen molar-refractivity contribution in [3.63, 3.8) is 0 Å². The van der Waals surface area contributed by atoms with E-state index in [1.54, 1.807) is 0 Å².